The molecule has 2 rings (SSSR count). The topological polar surface area (TPSA) is 29.1 Å². The van der Waals surface area contributed by atoms with E-state index in [-0.39, 0.29) is 5.92 Å². The van der Waals surface area contributed by atoms with Crippen molar-refractivity contribution >= 4 is 6.29 Å². The minimum atomic E-state index is 0.259. The zero-order valence-corrected chi connectivity index (χ0v) is 15.2. The third-order valence-electron chi connectivity index (χ3n) is 5.49. The molecule has 2 heteroatoms. The van der Waals surface area contributed by atoms with Gasteiger partial charge in [-0.2, -0.15) is 0 Å². The Morgan fingerprint density at radius 3 is 2.12 bits per heavy atom. The Kier molecular flexibility index (Phi) is 9.60. The van der Waals surface area contributed by atoms with E-state index in [1.165, 1.54) is 76.2 Å². The molecule has 0 bridgehead atoms. The molecule has 0 radical (unpaired) electrons. The molecule has 0 spiro atoms. The first-order valence-electron chi connectivity index (χ1n) is 10.2. The Bertz CT molecular complexity index is 435. The number of carbonyl (C=O) groups excluding carboxylic acids is 1. The predicted molar refractivity (Wildman–Crippen MR) is 103 cm³/mol. The molecule has 1 heterocycles. The Labute approximate surface area is 148 Å². The van der Waals surface area contributed by atoms with Crippen molar-refractivity contribution in [3.8, 4) is 0 Å². The van der Waals surface area contributed by atoms with Crippen LogP contribution in [0.15, 0.2) is 36.2 Å². The van der Waals surface area contributed by atoms with Gasteiger partial charge in [0.05, 0.1) is 0 Å². The minimum Gasteiger partial charge on any atom is -0.365 e. The zero-order valence-electron chi connectivity index (χ0n) is 15.2. The van der Waals surface area contributed by atoms with Crippen LogP contribution in [0.25, 0.3) is 0 Å². The number of rotatable bonds is 2. The standard InChI is InChI=1S/C22H35NO/c24-19-20-13-9-6-4-2-1-3-5-7-10-14-21(17-16-20)22-15-11-8-12-18-23-22/h8,11-12,15,18-21,23H,1-7,9-10,13-14,16-17H2. The first kappa shape index (κ1) is 19.0. The Morgan fingerprint density at radius 1 is 0.750 bits per heavy atom. The summed E-state index contributed by atoms with van der Waals surface area (Å²) in [5, 5.41) is 3.46. The van der Waals surface area contributed by atoms with Crippen LogP contribution in [0.2, 0.25) is 0 Å². The van der Waals surface area contributed by atoms with Crippen molar-refractivity contribution in [1.29, 1.82) is 0 Å². The molecule has 134 valence electrons. The fraction of sp³-hybridized carbons (Fsp3) is 0.682. The Hall–Kier alpha value is -1.31. The third-order valence-corrected chi connectivity index (χ3v) is 5.49. The maximum atomic E-state index is 11.4. The monoisotopic (exact) mass is 329 g/mol. The van der Waals surface area contributed by atoms with E-state index < -0.39 is 0 Å². The summed E-state index contributed by atoms with van der Waals surface area (Å²) in [6.07, 6.45) is 28.3. The van der Waals surface area contributed by atoms with Crippen molar-refractivity contribution in [1.82, 2.24) is 5.32 Å². The van der Waals surface area contributed by atoms with E-state index in [1.54, 1.807) is 0 Å². The normalized spacial score (nSPS) is 27.9. The fourth-order valence-corrected chi connectivity index (χ4v) is 3.91. The molecule has 2 nitrogen and oxygen atoms in total. The second kappa shape index (κ2) is 12.1. The van der Waals surface area contributed by atoms with Crippen molar-refractivity contribution in [3.05, 3.63) is 36.2 Å². The van der Waals surface area contributed by atoms with Crippen LogP contribution in [0, 0.1) is 11.8 Å². The van der Waals surface area contributed by atoms with E-state index >= 15 is 0 Å². The van der Waals surface area contributed by atoms with Crippen molar-refractivity contribution in [2.75, 3.05) is 0 Å². The molecular weight excluding hydrogens is 294 g/mol. The highest BCUT2D eigenvalue weighted by Crippen LogP contribution is 2.27. The highest BCUT2D eigenvalue weighted by atomic mass is 16.1. The van der Waals surface area contributed by atoms with E-state index in [9.17, 15) is 4.79 Å². The van der Waals surface area contributed by atoms with E-state index in [1.807, 2.05) is 12.3 Å². The summed E-state index contributed by atoms with van der Waals surface area (Å²) in [5.74, 6) is 0.820. The molecule has 2 aliphatic rings. The molecular formula is C22H35NO. The van der Waals surface area contributed by atoms with Crippen LogP contribution in [0.5, 0.6) is 0 Å². The van der Waals surface area contributed by atoms with Gasteiger partial charge in [0.1, 0.15) is 6.29 Å². The van der Waals surface area contributed by atoms with Gasteiger partial charge >= 0.3 is 0 Å². The van der Waals surface area contributed by atoms with Crippen molar-refractivity contribution in [2.45, 2.75) is 83.5 Å². The van der Waals surface area contributed by atoms with Gasteiger partial charge in [0.15, 0.2) is 0 Å². The molecule has 1 N–H and O–H groups in total. The highest BCUT2D eigenvalue weighted by Gasteiger charge is 2.17. The molecule has 0 aromatic rings. The average molecular weight is 330 g/mol. The van der Waals surface area contributed by atoms with Crippen molar-refractivity contribution in [2.24, 2.45) is 11.8 Å². The number of nitrogens with one attached hydrogen (secondary N) is 1. The number of hydrogen-bond acceptors (Lipinski definition) is 2. The second-order valence-electron chi connectivity index (χ2n) is 7.44. The van der Waals surface area contributed by atoms with Crippen molar-refractivity contribution < 1.29 is 4.79 Å². The SMILES string of the molecule is O=CC1CCCCCCCCCCCC(C2=CC=CC=CN2)CC1. The average Bonchev–Trinajstić information content (AvgIpc) is 2.89. The van der Waals surface area contributed by atoms with Crippen LogP contribution in [0.4, 0.5) is 0 Å². The van der Waals surface area contributed by atoms with Crippen LogP contribution in [0.3, 0.4) is 0 Å². The van der Waals surface area contributed by atoms with Crippen LogP contribution in [-0.4, -0.2) is 6.29 Å². The summed E-state index contributed by atoms with van der Waals surface area (Å²) >= 11 is 0. The van der Waals surface area contributed by atoms with Gasteiger partial charge < -0.3 is 10.1 Å². The van der Waals surface area contributed by atoms with Gasteiger partial charge in [-0.1, -0.05) is 69.9 Å². The quantitative estimate of drug-likeness (QED) is 0.624. The summed E-state index contributed by atoms with van der Waals surface area (Å²) in [7, 11) is 0. The van der Waals surface area contributed by atoms with Crippen molar-refractivity contribution in [3.63, 3.8) is 0 Å². The fourth-order valence-electron chi connectivity index (χ4n) is 3.91. The molecule has 1 aliphatic carbocycles. The van der Waals surface area contributed by atoms with Gasteiger partial charge in [-0.3, -0.25) is 0 Å². The van der Waals surface area contributed by atoms with Gasteiger partial charge in [0.25, 0.3) is 0 Å². The van der Waals surface area contributed by atoms with Crippen LogP contribution in [0.1, 0.15) is 83.5 Å². The number of allylic oxidation sites excluding steroid dienone is 5. The molecule has 1 fully saturated rings. The van der Waals surface area contributed by atoms with Crippen LogP contribution >= 0.6 is 0 Å². The van der Waals surface area contributed by atoms with Crippen LogP contribution < -0.4 is 5.32 Å². The molecule has 0 saturated heterocycles. The maximum absolute atomic E-state index is 11.4. The summed E-state index contributed by atoms with van der Waals surface area (Å²) in [6, 6.07) is 0. The molecule has 1 saturated carbocycles. The summed E-state index contributed by atoms with van der Waals surface area (Å²) in [4.78, 5) is 11.4. The first-order chi connectivity index (χ1) is 11.9. The molecule has 0 amide bonds. The summed E-state index contributed by atoms with van der Waals surface area (Å²) in [5.41, 5.74) is 1.33. The molecule has 0 aromatic heterocycles. The summed E-state index contributed by atoms with van der Waals surface area (Å²) in [6.45, 7) is 0. The summed E-state index contributed by atoms with van der Waals surface area (Å²) < 4.78 is 0. The third kappa shape index (κ3) is 7.51. The molecule has 2 atom stereocenters. The lowest BCUT2D eigenvalue weighted by molar-refractivity contribution is -0.111. The first-order valence-corrected chi connectivity index (χ1v) is 10.2. The van der Waals surface area contributed by atoms with Gasteiger partial charge in [-0.05, 0) is 43.8 Å². The Balaban J connectivity index is 1.94. The van der Waals surface area contributed by atoms with E-state index in [4.69, 9.17) is 0 Å². The Morgan fingerprint density at radius 2 is 1.42 bits per heavy atom. The van der Waals surface area contributed by atoms with E-state index in [2.05, 4.69) is 23.5 Å². The largest absolute Gasteiger partial charge is 0.365 e. The van der Waals surface area contributed by atoms with Gasteiger partial charge in [-0.25, -0.2) is 0 Å². The molecule has 1 aliphatic heterocycles. The predicted octanol–water partition coefficient (Wildman–Crippen LogP) is 6.06. The zero-order chi connectivity index (χ0) is 16.9. The number of aldehydes is 1. The lowest BCUT2D eigenvalue weighted by atomic mass is 9.87. The molecule has 0 aromatic carbocycles. The van der Waals surface area contributed by atoms with Gasteiger partial charge in [0, 0.05) is 17.8 Å². The van der Waals surface area contributed by atoms with E-state index in [0.717, 1.165) is 19.3 Å². The smallest absolute Gasteiger partial charge is 0.123 e. The second-order valence-corrected chi connectivity index (χ2v) is 7.44. The van der Waals surface area contributed by atoms with Gasteiger partial charge in [0.2, 0.25) is 0 Å². The number of carbonyl (C=O) groups is 1. The molecule has 24 heavy (non-hydrogen) atoms. The lowest BCUT2D eigenvalue weighted by Crippen LogP contribution is -2.17. The van der Waals surface area contributed by atoms with Gasteiger partial charge in [-0.15, -0.1) is 0 Å². The van der Waals surface area contributed by atoms with E-state index in [0.29, 0.717) is 5.92 Å². The highest BCUT2D eigenvalue weighted by molar-refractivity contribution is 5.53. The van der Waals surface area contributed by atoms with Crippen LogP contribution in [-0.2, 0) is 4.79 Å². The molecule has 2 unspecified atom stereocenters. The lowest BCUT2D eigenvalue weighted by Gasteiger charge is -2.22. The minimum absolute atomic E-state index is 0.259. The number of hydrogen-bond donors (Lipinski definition) is 1. The maximum Gasteiger partial charge on any atom is 0.123 e.